The average Bonchev–Trinajstić information content (AvgIpc) is 3.03. The Labute approximate surface area is 155 Å². The molecule has 134 valence electrons. The molecule has 3 nitrogen and oxygen atoms in total. The first kappa shape index (κ1) is 19.7. The van der Waals surface area contributed by atoms with E-state index in [9.17, 15) is 5.11 Å². The van der Waals surface area contributed by atoms with Gasteiger partial charge in [-0.15, -0.1) is 23.7 Å². The number of benzene rings is 1. The van der Waals surface area contributed by atoms with Crippen LogP contribution in [0.15, 0.2) is 29.6 Å². The predicted octanol–water partition coefficient (Wildman–Crippen LogP) is 4.07. The molecule has 1 aromatic carbocycles. The van der Waals surface area contributed by atoms with E-state index in [1.807, 2.05) is 0 Å². The summed E-state index contributed by atoms with van der Waals surface area (Å²) in [4.78, 5) is 2.51. The standard InChI is InChI=1S/C19H28N2OS.ClH/c1-2-3-6-15(13-21-11-9-20-10-12-21)19(22)17-14-23-18-8-5-4-7-16(17)18;/h4-5,7-8,14-15,19-20,22H,2-3,6,9-13H2,1H3;1H. The van der Waals surface area contributed by atoms with Crippen LogP contribution in [-0.2, 0) is 0 Å². The Kier molecular flexibility index (Phi) is 7.98. The van der Waals surface area contributed by atoms with Crippen molar-refractivity contribution >= 4 is 33.8 Å². The molecule has 0 amide bonds. The van der Waals surface area contributed by atoms with Gasteiger partial charge in [0.1, 0.15) is 0 Å². The van der Waals surface area contributed by atoms with Crippen molar-refractivity contribution in [3.63, 3.8) is 0 Å². The molecule has 2 atom stereocenters. The van der Waals surface area contributed by atoms with Gasteiger partial charge in [0.15, 0.2) is 0 Å². The summed E-state index contributed by atoms with van der Waals surface area (Å²) in [6.07, 6.45) is 3.13. The highest BCUT2D eigenvalue weighted by Crippen LogP contribution is 2.35. The molecule has 1 saturated heterocycles. The summed E-state index contributed by atoms with van der Waals surface area (Å²) < 4.78 is 1.28. The molecule has 1 aromatic heterocycles. The van der Waals surface area contributed by atoms with Crippen molar-refractivity contribution in [2.24, 2.45) is 5.92 Å². The molecule has 24 heavy (non-hydrogen) atoms. The summed E-state index contributed by atoms with van der Waals surface area (Å²) in [5, 5.41) is 17.9. The van der Waals surface area contributed by atoms with E-state index >= 15 is 0 Å². The van der Waals surface area contributed by atoms with Gasteiger partial charge in [0.05, 0.1) is 6.10 Å². The van der Waals surface area contributed by atoms with Crippen LogP contribution in [0.25, 0.3) is 10.1 Å². The fourth-order valence-corrected chi connectivity index (χ4v) is 4.51. The Hall–Kier alpha value is -0.650. The molecule has 5 heteroatoms. The van der Waals surface area contributed by atoms with Gasteiger partial charge in [-0.3, -0.25) is 0 Å². The van der Waals surface area contributed by atoms with Crippen LogP contribution in [0.1, 0.15) is 37.9 Å². The van der Waals surface area contributed by atoms with Crippen LogP contribution in [0.4, 0.5) is 0 Å². The maximum absolute atomic E-state index is 11.1. The summed E-state index contributed by atoms with van der Waals surface area (Å²) in [6.45, 7) is 7.57. The number of hydrogen-bond donors (Lipinski definition) is 2. The smallest absolute Gasteiger partial charge is 0.0844 e. The zero-order valence-electron chi connectivity index (χ0n) is 14.4. The van der Waals surface area contributed by atoms with Crippen molar-refractivity contribution in [1.29, 1.82) is 0 Å². The molecular weight excluding hydrogens is 340 g/mol. The number of hydrogen-bond acceptors (Lipinski definition) is 4. The fraction of sp³-hybridized carbons (Fsp3) is 0.579. The third-order valence-electron chi connectivity index (χ3n) is 4.91. The Morgan fingerprint density at radius 3 is 2.75 bits per heavy atom. The topological polar surface area (TPSA) is 35.5 Å². The number of rotatable bonds is 7. The van der Waals surface area contributed by atoms with Gasteiger partial charge in [-0.2, -0.15) is 0 Å². The summed E-state index contributed by atoms with van der Waals surface area (Å²) >= 11 is 1.75. The molecule has 2 heterocycles. The first-order valence-corrected chi connectivity index (χ1v) is 9.75. The zero-order valence-corrected chi connectivity index (χ0v) is 16.0. The van der Waals surface area contributed by atoms with E-state index in [4.69, 9.17) is 0 Å². The lowest BCUT2D eigenvalue weighted by Gasteiger charge is -2.33. The second kappa shape index (κ2) is 9.73. The van der Waals surface area contributed by atoms with E-state index in [-0.39, 0.29) is 18.5 Å². The molecule has 0 spiro atoms. The SMILES string of the molecule is CCCCC(CN1CCNCC1)C(O)c1csc2ccccc12.Cl. The largest absolute Gasteiger partial charge is 0.388 e. The maximum Gasteiger partial charge on any atom is 0.0844 e. The van der Waals surface area contributed by atoms with Gasteiger partial charge in [0.2, 0.25) is 0 Å². The van der Waals surface area contributed by atoms with Gasteiger partial charge in [-0.25, -0.2) is 0 Å². The second-order valence-corrected chi connectivity index (χ2v) is 7.50. The van der Waals surface area contributed by atoms with Gasteiger partial charge < -0.3 is 15.3 Å². The minimum atomic E-state index is -0.354. The predicted molar refractivity (Wildman–Crippen MR) is 106 cm³/mol. The van der Waals surface area contributed by atoms with Crippen molar-refractivity contribution < 1.29 is 5.11 Å². The van der Waals surface area contributed by atoms with Gasteiger partial charge >= 0.3 is 0 Å². The van der Waals surface area contributed by atoms with E-state index in [0.29, 0.717) is 5.92 Å². The normalized spacial score (nSPS) is 18.2. The average molecular weight is 369 g/mol. The van der Waals surface area contributed by atoms with Crippen LogP contribution >= 0.6 is 23.7 Å². The van der Waals surface area contributed by atoms with Crippen molar-refractivity contribution in [2.75, 3.05) is 32.7 Å². The van der Waals surface area contributed by atoms with Crippen LogP contribution in [0, 0.1) is 5.92 Å². The highest BCUT2D eigenvalue weighted by molar-refractivity contribution is 7.17. The number of nitrogens with zero attached hydrogens (tertiary/aromatic N) is 1. The van der Waals surface area contributed by atoms with E-state index < -0.39 is 0 Å². The van der Waals surface area contributed by atoms with Gasteiger partial charge in [-0.05, 0) is 28.8 Å². The first-order chi connectivity index (χ1) is 11.3. The van der Waals surface area contributed by atoms with Crippen LogP contribution in [0.5, 0.6) is 0 Å². The van der Waals surface area contributed by atoms with Crippen molar-refractivity contribution in [3.8, 4) is 0 Å². The van der Waals surface area contributed by atoms with Crippen LogP contribution in [-0.4, -0.2) is 42.7 Å². The Bertz CT molecular complexity index is 612. The molecule has 1 aliphatic rings. The number of aliphatic hydroxyl groups excluding tert-OH is 1. The maximum atomic E-state index is 11.1. The molecule has 2 aromatic rings. The van der Waals surface area contributed by atoms with Gasteiger partial charge in [0.25, 0.3) is 0 Å². The number of thiophene rings is 1. The lowest BCUT2D eigenvalue weighted by molar-refractivity contribution is 0.0699. The van der Waals surface area contributed by atoms with E-state index in [1.54, 1.807) is 11.3 Å². The molecule has 0 radical (unpaired) electrons. The van der Waals surface area contributed by atoms with E-state index in [0.717, 1.165) is 44.7 Å². The number of piperazine rings is 1. The number of unbranched alkanes of at least 4 members (excludes halogenated alkanes) is 1. The third kappa shape index (κ3) is 4.70. The Morgan fingerprint density at radius 1 is 1.25 bits per heavy atom. The monoisotopic (exact) mass is 368 g/mol. The molecule has 1 fully saturated rings. The highest BCUT2D eigenvalue weighted by Gasteiger charge is 2.25. The summed E-state index contributed by atoms with van der Waals surface area (Å²) in [7, 11) is 0. The molecule has 1 aliphatic heterocycles. The number of aliphatic hydroxyl groups is 1. The van der Waals surface area contributed by atoms with Gasteiger partial charge in [0, 0.05) is 43.3 Å². The van der Waals surface area contributed by atoms with E-state index in [2.05, 4.69) is 46.8 Å². The Morgan fingerprint density at radius 2 is 2.00 bits per heavy atom. The van der Waals surface area contributed by atoms with Gasteiger partial charge in [-0.1, -0.05) is 38.0 Å². The first-order valence-electron chi connectivity index (χ1n) is 8.87. The number of halogens is 1. The molecule has 0 saturated carbocycles. The molecule has 2 N–H and O–H groups in total. The van der Waals surface area contributed by atoms with Crippen LogP contribution in [0.3, 0.4) is 0 Å². The van der Waals surface area contributed by atoms with Crippen molar-refractivity contribution in [2.45, 2.75) is 32.3 Å². The summed E-state index contributed by atoms with van der Waals surface area (Å²) in [6, 6.07) is 8.44. The van der Waals surface area contributed by atoms with Crippen molar-refractivity contribution in [3.05, 3.63) is 35.2 Å². The lowest BCUT2D eigenvalue weighted by atomic mass is 9.90. The quantitative estimate of drug-likeness (QED) is 0.773. The minimum absolute atomic E-state index is 0. The third-order valence-corrected chi connectivity index (χ3v) is 5.89. The molecule has 0 aliphatic carbocycles. The number of fused-ring (bicyclic) bond motifs is 1. The minimum Gasteiger partial charge on any atom is -0.388 e. The number of nitrogens with one attached hydrogen (secondary N) is 1. The zero-order chi connectivity index (χ0) is 16.1. The van der Waals surface area contributed by atoms with Crippen LogP contribution in [0.2, 0.25) is 0 Å². The molecular formula is C19H29ClN2OS. The Balaban J connectivity index is 0.00000208. The van der Waals surface area contributed by atoms with Crippen LogP contribution < -0.4 is 5.32 Å². The molecule has 3 rings (SSSR count). The van der Waals surface area contributed by atoms with E-state index in [1.165, 1.54) is 22.9 Å². The summed E-state index contributed by atoms with van der Waals surface area (Å²) in [5.41, 5.74) is 1.13. The molecule has 0 bridgehead atoms. The van der Waals surface area contributed by atoms with Crippen molar-refractivity contribution in [1.82, 2.24) is 10.2 Å². The summed E-state index contributed by atoms with van der Waals surface area (Å²) in [5.74, 6) is 0.325. The lowest BCUT2D eigenvalue weighted by Crippen LogP contribution is -2.46. The second-order valence-electron chi connectivity index (χ2n) is 6.58. The highest BCUT2D eigenvalue weighted by atomic mass is 35.5. The molecule has 2 unspecified atom stereocenters. The fourth-order valence-electron chi connectivity index (χ4n) is 3.52.